The number of carbonyl (C=O) groups excluding carboxylic acids is 1. The van der Waals surface area contributed by atoms with E-state index in [0.29, 0.717) is 0 Å². The van der Waals surface area contributed by atoms with Crippen molar-refractivity contribution in [2.24, 2.45) is 0 Å². The molecule has 5 heteroatoms. The van der Waals surface area contributed by atoms with E-state index in [1.165, 1.54) is 17.5 Å². The van der Waals surface area contributed by atoms with Gasteiger partial charge in [-0.1, -0.05) is 18.2 Å². The van der Waals surface area contributed by atoms with E-state index in [4.69, 9.17) is 5.11 Å². The number of halogens is 2. The van der Waals surface area contributed by atoms with Crippen molar-refractivity contribution in [3.05, 3.63) is 34.9 Å². The minimum atomic E-state index is -3.26. The number of rotatable bonds is 5. The van der Waals surface area contributed by atoms with E-state index in [2.05, 4.69) is 5.32 Å². The van der Waals surface area contributed by atoms with Crippen molar-refractivity contribution < 1.29 is 18.7 Å². The second kappa shape index (κ2) is 6.31. The summed E-state index contributed by atoms with van der Waals surface area (Å²) in [5.74, 6) is -3.71. The highest BCUT2D eigenvalue weighted by Crippen LogP contribution is 2.22. The summed E-state index contributed by atoms with van der Waals surface area (Å²) in [4.78, 5) is 11.6. The first kappa shape index (κ1) is 14.9. The van der Waals surface area contributed by atoms with Crippen LogP contribution in [0.25, 0.3) is 0 Å². The van der Waals surface area contributed by atoms with Crippen molar-refractivity contribution in [1.29, 1.82) is 0 Å². The van der Waals surface area contributed by atoms with Crippen LogP contribution in [-0.4, -0.2) is 30.1 Å². The van der Waals surface area contributed by atoms with Gasteiger partial charge in [-0.05, 0) is 42.4 Å². The molecule has 0 heterocycles. The first-order chi connectivity index (χ1) is 9.50. The molecule has 0 aromatic heterocycles. The molecule has 1 aliphatic rings. The van der Waals surface area contributed by atoms with Gasteiger partial charge < -0.3 is 10.4 Å². The fourth-order valence-electron chi connectivity index (χ4n) is 2.43. The average molecular weight is 283 g/mol. The van der Waals surface area contributed by atoms with Gasteiger partial charge in [0.1, 0.15) is 6.61 Å². The highest BCUT2D eigenvalue weighted by molar-refractivity contribution is 5.78. The third-order valence-electron chi connectivity index (χ3n) is 3.55. The average Bonchev–Trinajstić information content (AvgIpc) is 2.45. The number of hydrogen-bond acceptors (Lipinski definition) is 2. The topological polar surface area (TPSA) is 49.3 Å². The zero-order valence-electron chi connectivity index (χ0n) is 11.3. The van der Waals surface area contributed by atoms with Crippen LogP contribution in [0.15, 0.2) is 18.2 Å². The molecule has 20 heavy (non-hydrogen) atoms. The molecule has 0 atom stereocenters. The third kappa shape index (κ3) is 4.00. The molecule has 0 aliphatic heterocycles. The zero-order chi connectivity index (χ0) is 14.6. The molecule has 2 N–H and O–H groups in total. The van der Waals surface area contributed by atoms with Gasteiger partial charge in [-0.25, -0.2) is 8.78 Å². The largest absolute Gasteiger partial charge is 0.390 e. The summed E-state index contributed by atoms with van der Waals surface area (Å²) in [6.07, 6.45) is 4.54. The summed E-state index contributed by atoms with van der Waals surface area (Å²) in [6, 6.07) is 5.91. The van der Waals surface area contributed by atoms with Gasteiger partial charge in [-0.3, -0.25) is 4.79 Å². The number of benzene rings is 1. The molecule has 0 saturated heterocycles. The molecule has 3 nitrogen and oxygen atoms in total. The van der Waals surface area contributed by atoms with E-state index in [0.717, 1.165) is 24.8 Å². The molecule has 0 bridgehead atoms. The number of aliphatic hydroxyl groups excluding tert-OH is 1. The normalized spacial score (nSPS) is 14.8. The van der Waals surface area contributed by atoms with Gasteiger partial charge in [0.2, 0.25) is 5.91 Å². The standard InChI is InChI=1S/C15H19F2NO2/c16-15(17,10-19)9-18-14(20)8-11-5-6-12-3-1-2-4-13(12)7-11/h5-7,19H,1-4,8-10H2,(H,18,20). The Hall–Kier alpha value is -1.49. The lowest BCUT2D eigenvalue weighted by molar-refractivity contribution is -0.123. The lowest BCUT2D eigenvalue weighted by Gasteiger charge is -2.17. The van der Waals surface area contributed by atoms with Gasteiger partial charge >= 0.3 is 0 Å². The molecular weight excluding hydrogens is 264 g/mol. The fourth-order valence-corrected chi connectivity index (χ4v) is 2.43. The van der Waals surface area contributed by atoms with Crippen LogP contribution in [0, 0.1) is 0 Å². The van der Waals surface area contributed by atoms with E-state index in [1.807, 2.05) is 18.2 Å². The Morgan fingerprint density at radius 2 is 1.95 bits per heavy atom. The Kier molecular flexibility index (Phi) is 4.70. The number of carbonyl (C=O) groups is 1. The van der Waals surface area contributed by atoms with Crippen LogP contribution < -0.4 is 5.32 Å². The number of alkyl halides is 2. The maximum atomic E-state index is 12.8. The smallest absolute Gasteiger partial charge is 0.287 e. The van der Waals surface area contributed by atoms with E-state index in [-0.39, 0.29) is 6.42 Å². The molecule has 0 unspecified atom stereocenters. The van der Waals surface area contributed by atoms with Gasteiger partial charge in [0.05, 0.1) is 13.0 Å². The van der Waals surface area contributed by atoms with E-state index in [1.54, 1.807) is 0 Å². The van der Waals surface area contributed by atoms with E-state index < -0.39 is 25.0 Å². The zero-order valence-corrected chi connectivity index (χ0v) is 11.3. The Balaban J connectivity index is 1.91. The predicted octanol–water partition coefficient (Wildman–Crippen LogP) is 1.85. The van der Waals surface area contributed by atoms with Gasteiger partial charge in [0.15, 0.2) is 0 Å². The van der Waals surface area contributed by atoms with Crippen molar-refractivity contribution >= 4 is 5.91 Å². The lowest BCUT2D eigenvalue weighted by Crippen LogP contribution is -2.39. The van der Waals surface area contributed by atoms with Crippen LogP contribution in [0.2, 0.25) is 0 Å². The fraction of sp³-hybridized carbons (Fsp3) is 0.533. The number of aryl methyl sites for hydroxylation is 2. The second-order valence-corrected chi connectivity index (χ2v) is 5.28. The van der Waals surface area contributed by atoms with Crippen LogP contribution in [0.4, 0.5) is 8.78 Å². The molecule has 1 amide bonds. The Bertz CT molecular complexity index is 489. The molecular formula is C15H19F2NO2. The summed E-state index contributed by atoms with van der Waals surface area (Å²) < 4.78 is 25.6. The first-order valence-corrected chi connectivity index (χ1v) is 6.86. The predicted molar refractivity (Wildman–Crippen MR) is 71.8 cm³/mol. The number of aliphatic hydroxyl groups is 1. The van der Waals surface area contributed by atoms with Crippen LogP contribution in [0.5, 0.6) is 0 Å². The number of amides is 1. The van der Waals surface area contributed by atoms with Gasteiger partial charge in [-0.2, -0.15) is 0 Å². The van der Waals surface area contributed by atoms with E-state index in [9.17, 15) is 13.6 Å². The Labute approximate surface area is 117 Å². The number of fused-ring (bicyclic) bond motifs is 1. The summed E-state index contributed by atoms with van der Waals surface area (Å²) in [5, 5.41) is 10.6. The van der Waals surface area contributed by atoms with Gasteiger partial charge in [0, 0.05) is 0 Å². The maximum absolute atomic E-state index is 12.8. The second-order valence-electron chi connectivity index (χ2n) is 5.28. The molecule has 2 rings (SSSR count). The quantitative estimate of drug-likeness (QED) is 0.866. The van der Waals surface area contributed by atoms with Crippen molar-refractivity contribution in [1.82, 2.24) is 5.32 Å². The van der Waals surface area contributed by atoms with Crippen LogP contribution >= 0.6 is 0 Å². The lowest BCUT2D eigenvalue weighted by atomic mass is 9.90. The highest BCUT2D eigenvalue weighted by Gasteiger charge is 2.28. The van der Waals surface area contributed by atoms with Crippen LogP contribution in [0.3, 0.4) is 0 Å². The molecule has 1 aliphatic carbocycles. The number of nitrogens with one attached hydrogen (secondary N) is 1. The molecule has 1 aromatic carbocycles. The van der Waals surface area contributed by atoms with Crippen molar-refractivity contribution in [3.63, 3.8) is 0 Å². The molecule has 0 radical (unpaired) electrons. The SMILES string of the molecule is O=C(Cc1ccc2c(c1)CCCC2)NCC(F)(F)CO. The molecule has 0 saturated carbocycles. The summed E-state index contributed by atoms with van der Waals surface area (Å²) in [6.45, 7) is -2.08. The molecule has 0 fully saturated rings. The van der Waals surface area contributed by atoms with Gasteiger partial charge in [-0.15, -0.1) is 0 Å². The molecule has 110 valence electrons. The van der Waals surface area contributed by atoms with Crippen LogP contribution in [-0.2, 0) is 24.1 Å². The molecule has 1 aromatic rings. The van der Waals surface area contributed by atoms with Crippen molar-refractivity contribution in [3.8, 4) is 0 Å². The molecule has 0 spiro atoms. The monoisotopic (exact) mass is 283 g/mol. The minimum Gasteiger partial charge on any atom is -0.390 e. The van der Waals surface area contributed by atoms with E-state index >= 15 is 0 Å². The minimum absolute atomic E-state index is 0.0921. The third-order valence-corrected chi connectivity index (χ3v) is 3.55. The summed E-state index contributed by atoms with van der Waals surface area (Å²) in [5.41, 5.74) is 3.44. The summed E-state index contributed by atoms with van der Waals surface area (Å²) in [7, 11) is 0. The number of hydrogen-bond donors (Lipinski definition) is 2. The Morgan fingerprint density at radius 1 is 1.25 bits per heavy atom. The Morgan fingerprint density at radius 3 is 2.65 bits per heavy atom. The van der Waals surface area contributed by atoms with Crippen LogP contribution in [0.1, 0.15) is 29.5 Å². The highest BCUT2D eigenvalue weighted by atomic mass is 19.3. The van der Waals surface area contributed by atoms with Crippen molar-refractivity contribution in [2.75, 3.05) is 13.2 Å². The first-order valence-electron chi connectivity index (χ1n) is 6.86. The maximum Gasteiger partial charge on any atom is 0.287 e. The van der Waals surface area contributed by atoms with Crippen molar-refractivity contribution in [2.45, 2.75) is 38.0 Å². The van der Waals surface area contributed by atoms with Gasteiger partial charge in [0.25, 0.3) is 5.92 Å². The summed E-state index contributed by atoms with van der Waals surface area (Å²) >= 11 is 0.